The molecule has 1 aliphatic rings. The Balaban J connectivity index is 2.03. The quantitative estimate of drug-likeness (QED) is 0.833. The molecule has 110 valence electrons. The molecule has 0 amide bonds. The first-order chi connectivity index (χ1) is 9.70. The zero-order valence-corrected chi connectivity index (χ0v) is 12.4. The lowest BCUT2D eigenvalue weighted by molar-refractivity contribution is -0.151. The van der Waals surface area contributed by atoms with Gasteiger partial charge in [-0.25, -0.2) is 0 Å². The number of benzene rings is 1. The molecule has 1 aliphatic heterocycles. The van der Waals surface area contributed by atoms with Crippen molar-refractivity contribution in [1.82, 2.24) is 10.2 Å². The summed E-state index contributed by atoms with van der Waals surface area (Å²) in [6.45, 7) is 5.77. The van der Waals surface area contributed by atoms with Crippen LogP contribution in [-0.2, 0) is 16.1 Å². The fourth-order valence-electron chi connectivity index (χ4n) is 2.77. The molecular formula is C16H24N2O2. The molecule has 4 nitrogen and oxygen atoms in total. The summed E-state index contributed by atoms with van der Waals surface area (Å²) in [5.74, 6) is -0.135. The number of nitrogens with zero attached hydrogens (tertiary/aromatic N) is 1. The molecule has 0 radical (unpaired) electrons. The highest BCUT2D eigenvalue weighted by molar-refractivity contribution is 5.81. The molecule has 1 aromatic carbocycles. The van der Waals surface area contributed by atoms with Crippen LogP contribution in [0.4, 0.5) is 0 Å². The number of hydrogen-bond acceptors (Lipinski definition) is 4. The van der Waals surface area contributed by atoms with E-state index in [0.717, 1.165) is 32.5 Å². The molecule has 4 heteroatoms. The summed E-state index contributed by atoms with van der Waals surface area (Å²) < 4.78 is 5.03. The van der Waals surface area contributed by atoms with Crippen LogP contribution < -0.4 is 5.32 Å². The van der Waals surface area contributed by atoms with Crippen molar-refractivity contribution in [3.05, 3.63) is 35.9 Å². The van der Waals surface area contributed by atoms with Gasteiger partial charge in [-0.05, 0) is 24.9 Å². The lowest BCUT2D eigenvalue weighted by Crippen LogP contribution is -2.58. The third-order valence-corrected chi connectivity index (χ3v) is 4.21. The molecule has 1 N–H and O–H groups in total. The Labute approximate surface area is 121 Å². The Kier molecular flexibility index (Phi) is 5.15. The summed E-state index contributed by atoms with van der Waals surface area (Å²) in [6.07, 6.45) is 1.61. The van der Waals surface area contributed by atoms with Crippen LogP contribution in [0, 0.1) is 0 Å². The third kappa shape index (κ3) is 3.38. The second kappa shape index (κ2) is 6.86. The smallest absolute Gasteiger partial charge is 0.326 e. The Hall–Kier alpha value is -1.39. The predicted molar refractivity (Wildman–Crippen MR) is 79.4 cm³/mol. The van der Waals surface area contributed by atoms with Gasteiger partial charge in [0, 0.05) is 19.6 Å². The van der Waals surface area contributed by atoms with Crippen molar-refractivity contribution in [2.75, 3.05) is 26.7 Å². The number of carbonyl (C=O) groups excluding carboxylic acids is 1. The van der Waals surface area contributed by atoms with Gasteiger partial charge in [-0.2, -0.15) is 0 Å². The molecule has 0 spiro atoms. The maximum Gasteiger partial charge on any atom is 0.326 e. The van der Waals surface area contributed by atoms with Gasteiger partial charge < -0.3 is 9.64 Å². The summed E-state index contributed by atoms with van der Waals surface area (Å²) in [5.41, 5.74) is 0.657. The number of ether oxygens (including phenoxy) is 1. The van der Waals surface area contributed by atoms with E-state index in [1.54, 1.807) is 0 Å². The SMILES string of the molecule is CCN1CCC(NCc2ccccc2)(C(=O)OC)CC1. The van der Waals surface area contributed by atoms with Gasteiger partial charge in [0.25, 0.3) is 0 Å². The van der Waals surface area contributed by atoms with Gasteiger partial charge >= 0.3 is 5.97 Å². The van der Waals surface area contributed by atoms with Crippen molar-refractivity contribution in [3.63, 3.8) is 0 Å². The Morgan fingerprint density at radius 2 is 1.95 bits per heavy atom. The van der Waals surface area contributed by atoms with E-state index < -0.39 is 5.54 Å². The van der Waals surface area contributed by atoms with Crippen molar-refractivity contribution >= 4 is 5.97 Å². The Bertz CT molecular complexity index is 425. The van der Waals surface area contributed by atoms with Gasteiger partial charge in [-0.1, -0.05) is 37.3 Å². The first-order valence-electron chi connectivity index (χ1n) is 7.30. The van der Waals surface area contributed by atoms with Crippen LogP contribution in [0.15, 0.2) is 30.3 Å². The highest BCUT2D eigenvalue weighted by Crippen LogP contribution is 2.24. The molecule has 0 bridgehead atoms. The van der Waals surface area contributed by atoms with E-state index in [-0.39, 0.29) is 5.97 Å². The van der Waals surface area contributed by atoms with Crippen molar-refractivity contribution in [2.24, 2.45) is 0 Å². The zero-order valence-electron chi connectivity index (χ0n) is 12.4. The van der Waals surface area contributed by atoms with E-state index in [0.29, 0.717) is 6.54 Å². The maximum absolute atomic E-state index is 12.2. The van der Waals surface area contributed by atoms with Crippen LogP contribution in [0.5, 0.6) is 0 Å². The summed E-state index contributed by atoms with van der Waals surface area (Å²) >= 11 is 0. The molecule has 0 unspecified atom stereocenters. The second-order valence-corrected chi connectivity index (χ2v) is 5.35. The van der Waals surface area contributed by atoms with Crippen molar-refractivity contribution in [1.29, 1.82) is 0 Å². The first-order valence-corrected chi connectivity index (χ1v) is 7.30. The molecule has 20 heavy (non-hydrogen) atoms. The van der Waals surface area contributed by atoms with Crippen LogP contribution in [0.1, 0.15) is 25.3 Å². The van der Waals surface area contributed by atoms with Gasteiger partial charge in [-0.15, -0.1) is 0 Å². The van der Waals surface area contributed by atoms with E-state index >= 15 is 0 Å². The molecule has 1 saturated heterocycles. The molecular weight excluding hydrogens is 252 g/mol. The van der Waals surface area contributed by atoms with E-state index in [4.69, 9.17) is 4.74 Å². The molecule has 0 saturated carbocycles. The highest BCUT2D eigenvalue weighted by atomic mass is 16.5. The minimum absolute atomic E-state index is 0.135. The average molecular weight is 276 g/mol. The number of esters is 1. The maximum atomic E-state index is 12.2. The molecule has 0 aromatic heterocycles. The number of carbonyl (C=O) groups is 1. The number of nitrogens with one attached hydrogen (secondary N) is 1. The average Bonchev–Trinajstić information content (AvgIpc) is 2.53. The van der Waals surface area contributed by atoms with E-state index in [9.17, 15) is 4.79 Å². The molecule has 2 rings (SSSR count). The van der Waals surface area contributed by atoms with Crippen molar-refractivity contribution in [3.8, 4) is 0 Å². The normalized spacial score (nSPS) is 18.7. The summed E-state index contributed by atoms with van der Waals surface area (Å²) in [5, 5.41) is 3.45. The van der Waals surface area contributed by atoms with Gasteiger partial charge in [0.15, 0.2) is 0 Å². The first kappa shape index (κ1) is 15.0. The molecule has 1 aromatic rings. The van der Waals surface area contributed by atoms with Gasteiger partial charge in [-0.3, -0.25) is 10.1 Å². The van der Waals surface area contributed by atoms with Crippen LogP contribution in [0.3, 0.4) is 0 Å². The molecule has 0 atom stereocenters. The van der Waals surface area contributed by atoms with Crippen LogP contribution in [0.2, 0.25) is 0 Å². The standard InChI is InChI=1S/C16H24N2O2/c1-3-18-11-9-16(10-12-18,15(19)20-2)17-13-14-7-5-4-6-8-14/h4-8,17H,3,9-13H2,1-2H3. The lowest BCUT2D eigenvalue weighted by atomic mass is 9.87. The summed E-state index contributed by atoms with van der Waals surface area (Å²) in [4.78, 5) is 14.6. The van der Waals surface area contributed by atoms with E-state index in [2.05, 4.69) is 29.3 Å². The molecule has 1 heterocycles. The Morgan fingerprint density at radius 1 is 1.30 bits per heavy atom. The number of methoxy groups -OCH3 is 1. The predicted octanol–water partition coefficient (Wildman–Crippen LogP) is 1.80. The number of hydrogen-bond donors (Lipinski definition) is 1. The van der Waals surface area contributed by atoms with Crippen molar-refractivity contribution in [2.45, 2.75) is 31.8 Å². The summed E-state index contributed by atoms with van der Waals surface area (Å²) in [6, 6.07) is 10.2. The van der Waals surface area contributed by atoms with Crippen LogP contribution >= 0.6 is 0 Å². The van der Waals surface area contributed by atoms with Crippen molar-refractivity contribution < 1.29 is 9.53 Å². The van der Waals surface area contributed by atoms with E-state index in [1.807, 2.05) is 18.2 Å². The minimum atomic E-state index is -0.531. The fraction of sp³-hybridized carbons (Fsp3) is 0.562. The molecule has 0 aliphatic carbocycles. The number of piperidine rings is 1. The zero-order chi connectivity index (χ0) is 14.4. The second-order valence-electron chi connectivity index (χ2n) is 5.35. The van der Waals surface area contributed by atoms with E-state index in [1.165, 1.54) is 12.7 Å². The Morgan fingerprint density at radius 3 is 2.50 bits per heavy atom. The monoisotopic (exact) mass is 276 g/mol. The number of rotatable bonds is 5. The topological polar surface area (TPSA) is 41.6 Å². The van der Waals surface area contributed by atoms with Gasteiger partial charge in [0.1, 0.15) is 5.54 Å². The number of likely N-dealkylation sites (tertiary alicyclic amines) is 1. The highest BCUT2D eigenvalue weighted by Gasteiger charge is 2.41. The van der Waals surface area contributed by atoms with Gasteiger partial charge in [0.05, 0.1) is 7.11 Å². The minimum Gasteiger partial charge on any atom is -0.468 e. The van der Waals surface area contributed by atoms with Crippen LogP contribution in [-0.4, -0.2) is 43.2 Å². The third-order valence-electron chi connectivity index (χ3n) is 4.21. The van der Waals surface area contributed by atoms with Crippen LogP contribution in [0.25, 0.3) is 0 Å². The van der Waals surface area contributed by atoms with Gasteiger partial charge in [0.2, 0.25) is 0 Å². The summed E-state index contributed by atoms with van der Waals surface area (Å²) in [7, 11) is 1.47. The largest absolute Gasteiger partial charge is 0.468 e. The molecule has 1 fully saturated rings. The fourth-order valence-corrected chi connectivity index (χ4v) is 2.77. The lowest BCUT2D eigenvalue weighted by Gasteiger charge is -2.40.